The lowest BCUT2D eigenvalue weighted by molar-refractivity contribution is -0.138. The van der Waals surface area contributed by atoms with E-state index >= 15 is 0 Å². The predicted molar refractivity (Wildman–Crippen MR) is 151 cm³/mol. The Morgan fingerprint density at radius 1 is 1.03 bits per heavy atom. The maximum absolute atomic E-state index is 13.0. The van der Waals surface area contributed by atoms with Gasteiger partial charge in [0, 0.05) is 34.2 Å². The molecular weight excluding hydrogens is 511 g/mol. The molecule has 0 spiro atoms. The van der Waals surface area contributed by atoms with E-state index in [1.807, 2.05) is 6.07 Å². The van der Waals surface area contributed by atoms with Gasteiger partial charge in [-0.1, -0.05) is 54.3 Å². The summed E-state index contributed by atoms with van der Waals surface area (Å²) in [4.78, 5) is 25.3. The van der Waals surface area contributed by atoms with Crippen LogP contribution in [-0.4, -0.2) is 23.1 Å². The zero-order valence-electron chi connectivity index (χ0n) is 20.8. The van der Waals surface area contributed by atoms with E-state index in [1.54, 1.807) is 17.8 Å². The molecule has 1 unspecified atom stereocenters. The molecule has 0 radical (unpaired) electrons. The minimum absolute atomic E-state index is 0.0721. The van der Waals surface area contributed by atoms with Crippen molar-refractivity contribution in [3.8, 4) is 0 Å². The molecule has 0 aromatic heterocycles. The number of ketones is 1. The number of carboxylic acid groups (broad SMARTS) is 1. The number of hydrogen-bond donors (Lipinski definition) is 1. The molecule has 36 heavy (non-hydrogen) atoms. The number of carboxylic acids is 1. The van der Waals surface area contributed by atoms with Crippen molar-refractivity contribution >= 4 is 52.8 Å². The number of aliphatic carboxylic acids is 1. The van der Waals surface area contributed by atoms with Crippen LogP contribution in [0.15, 0.2) is 41.3 Å². The highest BCUT2D eigenvalue weighted by atomic mass is 35.5. The Bertz CT molecular complexity index is 1140. The monoisotopic (exact) mass is 544 g/mol. The number of carbonyl (C=O) groups excluding carboxylic acids is 1. The number of fused-ring (bicyclic) bond motifs is 1. The molecule has 4 rings (SSSR count). The van der Waals surface area contributed by atoms with Crippen LogP contribution in [-0.2, 0) is 11.2 Å². The summed E-state index contributed by atoms with van der Waals surface area (Å²) >= 11 is 15.0. The molecule has 0 heterocycles. The predicted octanol–water partition coefficient (Wildman–Crippen LogP) is 9.09. The van der Waals surface area contributed by atoms with Gasteiger partial charge in [0.05, 0.1) is 5.02 Å². The van der Waals surface area contributed by atoms with E-state index in [-0.39, 0.29) is 18.1 Å². The number of thioether (sulfide) groups is 1. The molecule has 1 saturated carbocycles. The Morgan fingerprint density at radius 2 is 1.78 bits per heavy atom. The number of hydrogen-bond acceptors (Lipinski definition) is 3. The van der Waals surface area contributed by atoms with Crippen molar-refractivity contribution in [1.82, 2.24) is 0 Å². The molecule has 6 heteroatoms. The molecule has 192 valence electrons. The Morgan fingerprint density at radius 3 is 2.50 bits per heavy atom. The van der Waals surface area contributed by atoms with Gasteiger partial charge in [-0.3, -0.25) is 9.59 Å². The minimum Gasteiger partial charge on any atom is -0.481 e. The Balaban J connectivity index is 1.30. The third-order valence-electron chi connectivity index (χ3n) is 7.84. The normalized spacial score (nSPS) is 20.9. The van der Waals surface area contributed by atoms with Crippen LogP contribution in [0.1, 0.15) is 90.8 Å². The highest BCUT2D eigenvalue weighted by Crippen LogP contribution is 2.38. The molecular formula is C30H34Cl2O3S. The first kappa shape index (κ1) is 27.3. The zero-order chi connectivity index (χ0) is 25.7. The largest absolute Gasteiger partial charge is 0.481 e. The summed E-state index contributed by atoms with van der Waals surface area (Å²) in [5.74, 6) is 0.533. The van der Waals surface area contributed by atoms with Gasteiger partial charge in [-0.2, -0.15) is 0 Å². The van der Waals surface area contributed by atoms with Crippen molar-refractivity contribution in [2.75, 3.05) is 6.26 Å². The summed E-state index contributed by atoms with van der Waals surface area (Å²) in [6.45, 7) is 0. The fourth-order valence-corrected chi connectivity index (χ4v) is 6.83. The van der Waals surface area contributed by atoms with Crippen LogP contribution in [0.4, 0.5) is 0 Å². The maximum atomic E-state index is 13.0. The van der Waals surface area contributed by atoms with Gasteiger partial charge in [0.15, 0.2) is 5.78 Å². The van der Waals surface area contributed by atoms with E-state index in [0.29, 0.717) is 33.9 Å². The van der Waals surface area contributed by atoms with Crippen molar-refractivity contribution in [3.05, 3.63) is 68.7 Å². The molecule has 1 N–H and O–H groups in total. The molecule has 2 aromatic rings. The fraction of sp³-hybridized carbons (Fsp3) is 0.467. The van der Waals surface area contributed by atoms with Crippen LogP contribution in [0.2, 0.25) is 10.0 Å². The molecule has 2 aliphatic carbocycles. The summed E-state index contributed by atoms with van der Waals surface area (Å²) in [6, 6.07) is 10.3. The van der Waals surface area contributed by atoms with E-state index < -0.39 is 5.97 Å². The SMILES string of the molecule is CSc1ccc2c(c1)C=CC2CCCc1c(Cl)ccc(C(=O)CCC2CCC(CC(=O)O)CC2)c1Cl. The molecule has 2 aromatic carbocycles. The zero-order valence-corrected chi connectivity index (χ0v) is 23.1. The number of Topliss-reactive ketones (excluding diaryl/α,β-unsaturated/α-hetero) is 1. The van der Waals surface area contributed by atoms with Gasteiger partial charge in [-0.05, 0) is 97.6 Å². The molecule has 0 bridgehead atoms. The van der Waals surface area contributed by atoms with E-state index in [9.17, 15) is 9.59 Å². The third kappa shape index (κ3) is 6.76. The summed E-state index contributed by atoms with van der Waals surface area (Å²) in [7, 11) is 0. The molecule has 2 aliphatic rings. The van der Waals surface area contributed by atoms with Crippen LogP contribution in [0.3, 0.4) is 0 Å². The lowest BCUT2D eigenvalue weighted by Gasteiger charge is -2.27. The molecule has 0 aliphatic heterocycles. The lowest BCUT2D eigenvalue weighted by atomic mass is 9.78. The number of carbonyl (C=O) groups is 2. The van der Waals surface area contributed by atoms with Gasteiger partial charge >= 0.3 is 5.97 Å². The van der Waals surface area contributed by atoms with Crippen molar-refractivity contribution in [1.29, 1.82) is 0 Å². The van der Waals surface area contributed by atoms with Gasteiger partial charge in [0.1, 0.15) is 0 Å². The van der Waals surface area contributed by atoms with Gasteiger partial charge in [0.2, 0.25) is 0 Å². The topological polar surface area (TPSA) is 54.4 Å². The van der Waals surface area contributed by atoms with Crippen molar-refractivity contribution in [3.63, 3.8) is 0 Å². The Hall–Kier alpha value is -1.75. The average molecular weight is 546 g/mol. The lowest BCUT2D eigenvalue weighted by Crippen LogP contribution is -2.18. The van der Waals surface area contributed by atoms with Crippen LogP contribution in [0.25, 0.3) is 6.08 Å². The Labute approximate surface area is 228 Å². The highest BCUT2D eigenvalue weighted by molar-refractivity contribution is 7.98. The van der Waals surface area contributed by atoms with E-state index in [2.05, 4.69) is 36.6 Å². The summed E-state index contributed by atoms with van der Waals surface area (Å²) < 4.78 is 0. The van der Waals surface area contributed by atoms with Crippen LogP contribution in [0, 0.1) is 11.8 Å². The second-order valence-corrected chi connectivity index (χ2v) is 11.9. The van der Waals surface area contributed by atoms with Crippen molar-refractivity contribution in [2.45, 2.75) is 75.0 Å². The first-order chi connectivity index (χ1) is 17.4. The standard InChI is InChI=1S/C30H34Cl2O3S/c1-36-23-12-13-24-21(10-11-22(24)18-23)3-2-4-25-27(31)15-14-26(30(25)32)28(33)16-9-19-5-7-20(8-6-19)17-29(34)35/h10-15,18-21H,2-9,16-17H2,1H3,(H,34,35). The van der Waals surface area contributed by atoms with Crippen LogP contribution in [0.5, 0.6) is 0 Å². The van der Waals surface area contributed by atoms with E-state index in [4.69, 9.17) is 28.3 Å². The number of allylic oxidation sites excluding steroid dienone is 1. The number of halogens is 2. The van der Waals surface area contributed by atoms with Crippen molar-refractivity contribution in [2.24, 2.45) is 11.8 Å². The smallest absolute Gasteiger partial charge is 0.303 e. The van der Waals surface area contributed by atoms with Crippen LogP contribution >= 0.6 is 35.0 Å². The van der Waals surface area contributed by atoms with Gasteiger partial charge in [-0.25, -0.2) is 0 Å². The first-order valence-corrected chi connectivity index (χ1v) is 14.9. The first-order valence-electron chi connectivity index (χ1n) is 12.9. The minimum atomic E-state index is -0.712. The summed E-state index contributed by atoms with van der Waals surface area (Å²) in [5, 5.41) is 10.1. The molecule has 3 nitrogen and oxygen atoms in total. The van der Waals surface area contributed by atoms with Gasteiger partial charge in [0.25, 0.3) is 0 Å². The number of benzene rings is 2. The molecule has 0 amide bonds. The highest BCUT2D eigenvalue weighted by Gasteiger charge is 2.24. The molecule has 0 saturated heterocycles. The van der Waals surface area contributed by atoms with E-state index in [1.165, 1.54) is 16.0 Å². The fourth-order valence-electron chi connectivity index (χ4n) is 5.72. The van der Waals surface area contributed by atoms with Gasteiger partial charge in [-0.15, -0.1) is 11.8 Å². The second-order valence-electron chi connectivity index (χ2n) is 10.2. The van der Waals surface area contributed by atoms with Crippen molar-refractivity contribution < 1.29 is 14.7 Å². The average Bonchev–Trinajstić information content (AvgIpc) is 3.27. The summed E-state index contributed by atoms with van der Waals surface area (Å²) in [5.41, 5.74) is 4.14. The quantitative estimate of drug-likeness (QED) is 0.226. The van der Waals surface area contributed by atoms with E-state index in [0.717, 1.165) is 56.9 Å². The third-order valence-corrected chi connectivity index (χ3v) is 9.35. The summed E-state index contributed by atoms with van der Waals surface area (Å²) in [6.07, 6.45) is 14.7. The maximum Gasteiger partial charge on any atom is 0.303 e. The number of rotatable bonds is 11. The van der Waals surface area contributed by atoms with Crippen LogP contribution < -0.4 is 0 Å². The molecule has 1 atom stereocenters. The Kier molecular flexibility index (Phi) is 9.60. The van der Waals surface area contributed by atoms with Gasteiger partial charge < -0.3 is 5.11 Å². The second kappa shape index (κ2) is 12.7. The molecule has 1 fully saturated rings.